The zero-order chi connectivity index (χ0) is 24.5. The first kappa shape index (κ1) is 23.1. The Hall–Kier alpha value is -4.02. The van der Waals surface area contributed by atoms with Crippen molar-refractivity contribution in [1.82, 2.24) is 19.9 Å². The largest absolute Gasteiger partial charge is 0.493 e. The van der Waals surface area contributed by atoms with Crippen molar-refractivity contribution in [1.29, 1.82) is 0 Å². The number of aromatic amines is 1. The van der Waals surface area contributed by atoms with E-state index in [0.29, 0.717) is 33.5 Å². The summed E-state index contributed by atoms with van der Waals surface area (Å²) in [7, 11) is 3.02. The number of ether oxygens (including phenoxy) is 2. The van der Waals surface area contributed by atoms with Crippen molar-refractivity contribution in [2.75, 3.05) is 14.2 Å². The average molecular weight is 474 g/mol. The van der Waals surface area contributed by atoms with E-state index in [1.807, 2.05) is 0 Å². The van der Waals surface area contributed by atoms with E-state index in [4.69, 9.17) is 9.47 Å². The molecule has 4 rings (SSSR count). The number of nitrogens with one attached hydrogen (secondary N) is 2. The van der Waals surface area contributed by atoms with Crippen LogP contribution in [-0.2, 0) is 24.1 Å². The second-order valence-corrected chi connectivity index (χ2v) is 7.57. The molecule has 0 atom stereocenters. The van der Waals surface area contributed by atoms with Gasteiger partial charge < -0.3 is 19.8 Å². The molecular formula is C23H21F3N4O4. The molecule has 34 heavy (non-hydrogen) atoms. The number of aryl methyl sites for hydroxylation is 1. The van der Waals surface area contributed by atoms with Crippen molar-refractivity contribution >= 4 is 27.8 Å². The summed E-state index contributed by atoms with van der Waals surface area (Å²) < 4.78 is 50.4. The second kappa shape index (κ2) is 9.08. The minimum atomic E-state index is -4.45. The van der Waals surface area contributed by atoms with Crippen LogP contribution in [0.5, 0.6) is 11.5 Å². The van der Waals surface area contributed by atoms with Crippen LogP contribution in [0.25, 0.3) is 21.9 Å². The number of alkyl halides is 3. The molecule has 11 heteroatoms. The number of rotatable bonds is 7. The first-order chi connectivity index (χ1) is 16.2. The number of carbonyl (C=O) groups excluding carboxylic acids is 1. The van der Waals surface area contributed by atoms with Crippen LogP contribution in [0.1, 0.15) is 17.5 Å². The number of benzene rings is 2. The predicted molar refractivity (Wildman–Crippen MR) is 119 cm³/mol. The van der Waals surface area contributed by atoms with Gasteiger partial charge in [0.1, 0.15) is 11.0 Å². The molecule has 1 amide bonds. The number of aromatic nitrogens is 3. The van der Waals surface area contributed by atoms with Crippen molar-refractivity contribution in [3.05, 3.63) is 64.2 Å². The van der Waals surface area contributed by atoms with E-state index >= 15 is 0 Å². The molecule has 0 spiro atoms. The Kier molecular flexibility index (Phi) is 6.18. The smallest absolute Gasteiger partial charge is 0.416 e. The lowest BCUT2D eigenvalue weighted by Gasteiger charge is -2.10. The standard InChI is InChI=1S/C23H21F3N4O4/c1-33-17-9-15-16(10-18(17)34-2)29-21-20(15)28-12-30(22(21)32)7-6-19(31)27-11-13-4-3-5-14(8-13)23(24,25)26/h3-5,8-10,12,29H,6-7,11H2,1-2H3,(H,27,31). The number of amides is 1. The molecule has 0 aliphatic carbocycles. The second-order valence-electron chi connectivity index (χ2n) is 7.57. The Morgan fingerprint density at radius 3 is 2.59 bits per heavy atom. The first-order valence-corrected chi connectivity index (χ1v) is 10.3. The molecule has 8 nitrogen and oxygen atoms in total. The van der Waals surface area contributed by atoms with Gasteiger partial charge in [0, 0.05) is 31.0 Å². The van der Waals surface area contributed by atoms with Gasteiger partial charge >= 0.3 is 6.18 Å². The number of carbonyl (C=O) groups is 1. The molecule has 0 bridgehead atoms. The molecule has 0 saturated heterocycles. The molecule has 0 aliphatic heterocycles. The summed E-state index contributed by atoms with van der Waals surface area (Å²) in [5, 5.41) is 3.26. The fourth-order valence-electron chi connectivity index (χ4n) is 3.65. The highest BCUT2D eigenvalue weighted by molar-refractivity contribution is 6.05. The molecule has 0 unspecified atom stereocenters. The van der Waals surface area contributed by atoms with Crippen LogP contribution in [0.2, 0.25) is 0 Å². The van der Waals surface area contributed by atoms with Crippen LogP contribution in [0.3, 0.4) is 0 Å². The van der Waals surface area contributed by atoms with Gasteiger partial charge in [-0.1, -0.05) is 12.1 Å². The molecule has 2 heterocycles. The molecule has 0 radical (unpaired) electrons. The van der Waals surface area contributed by atoms with Gasteiger partial charge in [-0.15, -0.1) is 0 Å². The Morgan fingerprint density at radius 2 is 1.88 bits per heavy atom. The Labute approximate surface area is 191 Å². The van der Waals surface area contributed by atoms with E-state index in [1.54, 1.807) is 12.1 Å². The first-order valence-electron chi connectivity index (χ1n) is 10.3. The van der Waals surface area contributed by atoms with Crippen molar-refractivity contribution in [2.45, 2.75) is 25.7 Å². The summed E-state index contributed by atoms with van der Waals surface area (Å²) in [5.74, 6) is 0.592. The Balaban J connectivity index is 1.47. The van der Waals surface area contributed by atoms with Crippen LogP contribution in [0.15, 0.2) is 47.5 Å². The lowest BCUT2D eigenvalue weighted by Crippen LogP contribution is -2.27. The average Bonchev–Trinajstić information content (AvgIpc) is 3.19. The highest BCUT2D eigenvalue weighted by Gasteiger charge is 2.30. The zero-order valence-corrected chi connectivity index (χ0v) is 18.3. The molecule has 2 N–H and O–H groups in total. The van der Waals surface area contributed by atoms with Crippen molar-refractivity contribution < 1.29 is 27.4 Å². The summed E-state index contributed by atoms with van der Waals surface area (Å²) >= 11 is 0. The van der Waals surface area contributed by atoms with Crippen molar-refractivity contribution in [2.24, 2.45) is 0 Å². The SMILES string of the molecule is COc1cc2[nH]c3c(=O)n(CCC(=O)NCc4cccc(C(F)(F)F)c4)cnc3c2cc1OC. The van der Waals surface area contributed by atoms with Crippen LogP contribution in [0, 0.1) is 0 Å². The number of fused-ring (bicyclic) bond motifs is 3. The summed E-state index contributed by atoms with van der Waals surface area (Å²) in [4.78, 5) is 32.5. The number of hydrogen-bond acceptors (Lipinski definition) is 5. The normalized spacial score (nSPS) is 11.7. The van der Waals surface area contributed by atoms with E-state index in [0.717, 1.165) is 12.1 Å². The Bertz CT molecular complexity index is 1430. The van der Waals surface area contributed by atoms with E-state index in [1.165, 1.54) is 37.2 Å². The van der Waals surface area contributed by atoms with Gasteiger partial charge in [0.15, 0.2) is 11.5 Å². The summed E-state index contributed by atoms with van der Waals surface area (Å²) in [6.07, 6.45) is -3.14. The van der Waals surface area contributed by atoms with Gasteiger partial charge in [-0.3, -0.25) is 14.2 Å². The van der Waals surface area contributed by atoms with Gasteiger partial charge in [-0.25, -0.2) is 4.98 Å². The molecule has 178 valence electrons. The third kappa shape index (κ3) is 4.54. The van der Waals surface area contributed by atoms with Gasteiger partial charge in [0.25, 0.3) is 5.56 Å². The lowest BCUT2D eigenvalue weighted by atomic mass is 10.1. The molecule has 0 aliphatic rings. The maximum Gasteiger partial charge on any atom is 0.416 e. The summed E-state index contributed by atoms with van der Waals surface area (Å²) in [6.45, 7) is -0.00116. The van der Waals surface area contributed by atoms with Crippen molar-refractivity contribution in [3.8, 4) is 11.5 Å². The molecule has 0 fully saturated rings. The van der Waals surface area contributed by atoms with Gasteiger partial charge in [0.05, 0.1) is 31.6 Å². The van der Waals surface area contributed by atoms with E-state index in [2.05, 4.69) is 15.3 Å². The minimum Gasteiger partial charge on any atom is -0.493 e. The number of methoxy groups -OCH3 is 2. The topological polar surface area (TPSA) is 98.2 Å². The highest BCUT2D eigenvalue weighted by atomic mass is 19.4. The van der Waals surface area contributed by atoms with Gasteiger partial charge in [-0.05, 0) is 23.8 Å². The molecule has 2 aromatic heterocycles. The molecule has 2 aromatic carbocycles. The van der Waals surface area contributed by atoms with E-state index < -0.39 is 17.6 Å². The summed E-state index contributed by atoms with van der Waals surface area (Å²) in [5.41, 5.74) is 0.577. The maximum atomic E-state index is 12.9. The monoisotopic (exact) mass is 474 g/mol. The fourth-order valence-corrected chi connectivity index (χ4v) is 3.65. The minimum absolute atomic E-state index is 0.0477. The van der Waals surface area contributed by atoms with Crippen LogP contribution < -0.4 is 20.3 Å². The predicted octanol–water partition coefficient (Wildman–Crippen LogP) is 3.62. The fraction of sp³-hybridized carbons (Fsp3) is 0.261. The number of nitrogens with zero attached hydrogens (tertiary/aromatic N) is 2. The molecule has 0 saturated carbocycles. The molecular weight excluding hydrogens is 453 g/mol. The number of hydrogen-bond donors (Lipinski definition) is 2. The third-order valence-electron chi connectivity index (χ3n) is 5.40. The van der Waals surface area contributed by atoms with Gasteiger partial charge in [-0.2, -0.15) is 13.2 Å². The van der Waals surface area contributed by atoms with Crippen LogP contribution in [0.4, 0.5) is 13.2 Å². The van der Waals surface area contributed by atoms with Crippen LogP contribution in [-0.4, -0.2) is 34.7 Å². The summed E-state index contributed by atoms with van der Waals surface area (Å²) in [6, 6.07) is 8.18. The van der Waals surface area contributed by atoms with Gasteiger partial charge in [0.2, 0.25) is 5.91 Å². The molecule has 4 aromatic rings. The van der Waals surface area contributed by atoms with E-state index in [9.17, 15) is 22.8 Å². The zero-order valence-electron chi connectivity index (χ0n) is 18.3. The highest BCUT2D eigenvalue weighted by Crippen LogP contribution is 2.34. The number of H-pyrrole nitrogens is 1. The van der Waals surface area contributed by atoms with Crippen molar-refractivity contribution in [3.63, 3.8) is 0 Å². The van der Waals surface area contributed by atoms with E-state index in [-0.39, 0.29) is 30.6 Å². The Morgan fingerprint density at radius 1 is 1.15 bits per heavy atom. The quantitative estimate of drug-likeness (QED) is 0.426. The number of halogens is 3. The lowest BCUT2D eigenvalue weighted by molar-refractivity contribution is -0.137. The van der Waals surface area contributed by atoms with Crippen LogP contribution >= 0.6 is 0 Å². The third-order valence-corrected chi connectivity index (χ3v) is 5.40. The maximum absolute atomic E-state index is 12.9.